The van der Waals surface area contributed by atoms with Crippen molar-refractivity contribution in [2.24, 2.45) is 0 Å². The monoisotopic (exact) mass is 383 g/mol. The van der Waals surface area contributed by atoms with Crippen LogP contribution in [0.15, 0.2) is 40.9 Å². The highest BCUT2D eigenvalue weighted by atomic mass is 79.9. The molecule has 0 bridgehead atoms. The highest BCUT2D eigenvalue weighted by Gasteiger charge is 2.10. The second-order valence-corrected chi connectivity index (χ2v) is 5.98. The standard InChI is InChI=1S/C17H19BrClNO2/c1-3-22-17-9-14(18)13(8-16(17)21-2)11-20-10-12-6-4-5-7-15(12)19/h4-9,20H,3,10-11H2,1-2H3. The van der Waals surface area contributed by atoms with Crippen molar-refractivity contribution in [1.29, 1.82) is 0 Å². The first-order valence-corrected chi connectivity index (χ1v) is 8.26. The largest absolute Gasteiger partial charge is 0.493 e. The Kier molecular flexibility index (Phi) is 6.55. The molecule has 0 radical (unpaired) electrons. The molecule has 2 aromatic carbocycles. The highest BCUT2D eigenvalue weighted by molar-refractivity contribution is 9.10. The number of hydrogen-bond donors (Lipinski definition) is 1. The molecule has 0 aliphatic carbocycles. The van der Waals surface area contributed by atoms with E-state index in [2.05, 4.69) is 21.2 Å². The maximum Gasteiger partial charge on any atom is 0.162 e. The summed E-state index contributed by atoms with van der Waals surface area (Å²) in [4.78, 5) is 0. The summed E-state index contributed by atoms with van der Waals surface area (Å²) in [7, 11) is 1.65. The summed E-state index contributed by atoms with van der Waals surface area (Å²) in [6.07, 6.45) is 0. The van der Waals surface area contributed by atoms with Gasteiger partial charge in [0.1, 0.15) is 0 Å². The van der Waals surface area contributed by atoms with Crippen LogP contribution in [0.1, 0.15) is 18.1 Å². The van der Waals surface area contributed by atoms with Crippen molar-refractivity contribution >= 4 is 27.5 Å². The van der Waals surface area contributed by atoms with E-state index in [0.717, 1.165) is 32.1 Å². The molecule has 2 aromatic rings. The number of methoxy groups -OCH3 is 1. The third-order valence-corrected chi connectivity index (χ3v) is 4.33. The van der Waals surface area contributed by atoms with Crippen LogP contribution in [0.25, 0.3) is 0 Å². The molecule has 0 saturated carbocycles. The summed E-state index contributed by atoms with van der Waals surface area (Å²) in [6.45, 7) is 3.97. The van der Waals surface area contributed by atoms with Gasteiger partial charge in [0.15, 0.2) is 11.5 Å². The van der Waals surface area contributed by atoms with Gasteiger partial charge < -0.3 is 14.8 Å². The fraction of sp³-hybridized carbons (Fsp3) is 0.294. The topological polar surface area (TPSA) is 30.5 Å². The van der Waals surface area contributed by atoms with Crippen LogP contribution in [0.5, 0.6) is 11.5 Å². The quantitative estimate of drug-likeness (QED) is 0.744. The van der Waals surface area contributed by atoms with Crippen LogP contribution in [0.3, 0.4) is 0 Å². The van der Waals surface area contributed by atoms with Gasteiger partial charge in [0.25, 0.3) is 0 Å². The zero-order valence-electron chi connectivity index (χ0n) is 12.7. The molecule has 0 aliphatic rings. The zero-order valence-corrected chi connectivity index (χ0v) is 15.0. The van der Waals surface area contributed by atoms with Crippen LogP contribution in [-0.4, -0.2) is 13.7 Å². The van der Waals surface area contributed by atoms with Crippen molar-refractivity contribution in [1.82, 2.24) is 5.32 Å². The van der Waals surface area contributed by atoms with Gasteiger partial charge in [0.2, 0.25) is 0 Å². The lowest BCUT2D eigenvalue weighted by Crippen LogP contribution is -2.13. The fourth-order valence-corrected chi connectivity index (χ4v) is 2.78. The van der Waals surface area contributed by atoms with E-state index < -0.39 is 0 Å². The predicted octanol–water partition coefficient (Wildman–Crippen LogP) is 4.80. The summed E-state index contributed by atoms with van der Waals surface area (Å²) < 4.78 is 11.9. The molecule has 118 valence electrons. The van der Waals surface area contributed by atoms with Gasteiger partial charge in [-0.05, 0) is 36.2 Å². The summed E-state index contributed by atoms with van der Waals surface area (Å²) in [5.41, 5.74) is 2.19. The molecule has 0 spiro atoms. The van der Waals surface area contributed by atoms with E-state index in [1.807, 2.05) is 43.3 Å². The number of ether oxygens (including phenoxy) is 2. The maximum atomic E-state index is 6.15. The van der Waals surface area contributed by atoms with Gasteiger partial charge in [-0.15, -0.1) is 0 Å². The molecule has 3 nitrogen and oxygen atoms in total. The van der Waals surface area contributed by atoms with Crippen molar-refractivity contribution in [2.75, 3.05) is 13.7 Å². The number of rotatable bonds is 7. The Morgan fingerprint density at radius 1 is 1.09 bits per heavy atom. The summed E-state index contributed by atoms with van der Waals surface area (Å²) in [6, 6.07) is 11.7. The highest BCUT2D eigenvalue weighted by Crippen LogP contribution is 2.33. The molecule has 22 heavy (non-hydrogen) atoms. The molecule has 0 fully saturated rings. The normalized spacial score (nSPS) is 10.5. The van der Waals surface area contributed by atoms with Crippen molar-refractivity contribution in [3.05, 3.63) is 57.0 Å². The van der Waals surface area contributed by atoms with Gasteiger partial charge in [-0.3, -0.25) is 0 Å². The molecule has 0 heterocycles. The van der Waals surface area contributed by atoms with E-state index in [-0.39, 0.29) is 0 Å². The lowest BCUT2D eigenvalue weighted by atomic mass is 10.2. The average molecular weight is 385 g/mol. The van der Waals surface area contributed by atoms with Crippen molar-refractivity contribution in [3.8, 4) is 11.5 Å². The van der Waals surface area contributed by atoms with E-state index in [1.165, 1.54) is 0 Å². The van der Waals surface area contributed by atoms with E-state index in [1.54, 1.807) is 7.11 Å². The van der Waals surface area contributed by atoms with Crippen molar-refractivity contribution in [3.63, 3.8) is 0 Å². The van der Waals surface area contributed by atoms with E-state index >= 15 is 0 Å². The Morgan fingerprint density at radius 2 is 1.82 bits per heavy atom. The Morgan fingerprint density at radius 3 is 2.50 bits per heavy atom. The number of hydrogen-bond acceptors (Lipinski definition) is 3. The van der Waals surface area contributed by atoms with E-state index in [0.29, 0.717) is 19.7 Å². The van der Waals surface area contributed by atoms with Crippen LogP contribution in [0, 0.1) is 0 Å². The minimum absolute atomic E-state index is 0.604. The van der Waals surface area contributed by atoms with E-state index in [9.17, 15) is 0 Å². The fourth-order valence-electron chi connectivity index (χ4n) is 2.11. The lowest BCUT2D eigenvalue weighted by molar-refractivity contribution is 0.310. The van der Waals surface area contributed by atoms with Crippen LogP contribution in [-0.2, 0) is 13.1 Å². The van der Waals surface area contributed by atoms with Crippen LogP contribution >= 0.6 is 27.5 Å². The van der Waals surface area contributed by atoms with Crippen LogP contribution in [0.2, 0.25) is 5.02 Å². The molecule has 0 aromatic heterocycles. The molecule has 0 saturated heterocycles. The van der Waals surface area contributed by atoms with Gasteiger partial charge >= 0.3 is 0 Å². The second kappa shape index (κ2) is 8.42. The molecular formula is C17H19BrClNO2. The van der Waals surface area contributed by atoms with Crippen molar-refractivity contribution < 1.29 is 9.47 Å². The molecular weight excluding hydrogens is 366 g/mol. The van der Waals surface area contributed by atoms with Crippen molar-refractivity contribution in [2.45, 2.75) is 20.0 Å². The minimum Gasteiger partial charge on any atom is -0.493 e. The van der Waals surface area contributed by atoms with Crippen LogP contribution in [0.4, 0.5) is 0 Å². The first-order chi connectivity index (χ1) is 10.7. The van der Waals surface area contributed by atoms with Gasteiger partial charge in [-0.1, -0.05) is 45.7 Å². The Bertz CT molecular complexity index is 634. The molecule has 2 rings (SSSR count). The Labute approximate surface area is 144 Å². The molecule has 0 unspecified atom stereocenters. The first-order valence-electron chi connectivity index (χ1n) is 7.09. The van der Waals surface area contributed by atoms with Gasteiger partial charge in [0.05, 0.1) is 13.7 Å². The minimum atomic E-state index is 0.604. The second-order valence-electron chi connectivity index (χ2n) is 4.72. The average Bonchev–Trinajstić information content (AvgIpc) is 2.51. The molecule has 5 heteroatoms. The molecule has 0 atom stereocenters. The molecule has 0 amide bonds. The maximum absolute atomic E-state index is 6.15. The lowest BCUT2D eigenvalue weighted by Gasteiger charge is -2.14. The number of halogens is 2. The molecule has 1 N–H and O–H groups in total. The van der Waals surface area contributed by atoms with Gasteiger partial charge in [-0.2, -0.15) is 0 Å². The number of benzene rings is 2. The Hall–Kier alpha value is -1.23. The SMILES string of the molecule is CCOc1cc(Br)c(CNCc2ccccc2Cl)cc1OC. The predicted molar refractivity (Wildman–Crippen MR) is 93.9 cm³/mol. The Balaban J connectivity index is 2.05. The summed E-state index contributed by atoms with van der Waals surface area (Å²) in [5.74, 6) is 1.48. The first kappa shape index (κ1) is 17.1. The van der Waals surface area contributed by atoms with E-state index in [4.69, 9.17) is 21.1 Å². The smallest absolute Gasteiger partial charge is 0.162 e. The summed E-state index contributed by atoms with van der Waals surface area (Å²) in [5, 5.41) is 4.17. The third kappa shape index (κ3) is 4.38. The summed E-state index contributed by atoms with van der Waals surface area (Å²) >= 11 is 9.73. The zero-order chi connectivity index (χ0) is 15.9. The van der Waals surface area contributed by atoms with Crippen LogP contribution < -0.4 is 14.8 Å². The van der Waals surface area contributed by atoms with Gasteiger partial charge in [0, 0.05) is 22.6 Å². The van der Waals surface area contributed by atoms with Gasteiger partial charge in [-0.25, -0.2) is 0 Å². The number of nitrogens with one attached hydrogen (secondary N) is 1. The third-order valence-electron chi connectivity index (χ3n) is 3.22. The molecule has 0 aliphatic heterocycles.